The number of rotatable bonds is 9. The van der Waals surface area contributed by atoms with Crippen molar-refractivity contribution in [3.8, 4) is 0 Å². The van der Waals surface area contributed by atoms with Gasteiger partial charge < -0.3 is 43.0 Å². The fourth-order valence-electron chi connectivity index (χ4n) is 5.02. The number of carbonyl (C=O) groups is 7. The minimum Gasteiger partial charge on any atom is -0.481 e. The van der Waals surface area contributed by atoms with Crippen LogP contribution in [0.2, 0.25) is 0 Å². The quantitative estimate of drug-likeness (QED) is 0.259. The first kappa shape index (κ1) is 30.7. The maximum absolute atomic E-state index is 12.7. The van der Waals surface area contributed by atoms with E-state index in [1.165, 1.54) is 0 Å². The molecule has 3 heterocycles. The first-order chi connectivity index (χ1) is 18.7. The van der Waals surface area contributed by atoms with Gasteiger partial charge in [0, 0.05) is 41.0 Å². The smallest absolute Gasteiger partial charge is 0.313 e. The van der Waals surface area contributed by atoms with Gasteiger partial charge in [-0.1, -0.05) is 0 Å². The highest BCUT2D eigenvalue weighted by Crippen LogP contribution is 2.43. The first-order valence-electron chi connectivity index (χ1n) is 12.3. The number of carbonyl (C=O) groups excluding carboxylic acids is 6. The maximum Gasteiger partial charge on any atom is 0.313 e. The van der Waals surface area contributed by atoms with Crippen LogP contribution in [0, 0.1) is 11.8 Å². The zero-order valence-corrected chi connectivity index (χ0v) is 22.3. The summed E-state index contributed by atoms with van der Waals surface area (Å²) >= 11 is 0. The van der Waals surface area contributed by atoms with Gasteiger partial charge in [-0.3, -0.25) is 33.6 Å². The Morgan fingerprint density at radius 2 is 1.27 bits per heavy atom. The van der Waals surface area contributed by atoms with Gasteiger partial charge in [-0.05, 0) is 0 Å². The Hall–Kier alpha value is -3.79. The molecule has 2 bridgehead atoms. The fraction of sp³-hybridized carbons (Fsp3) is 0.708. The molecule has 4 aliphatic rings. The van der Waals surface area contributed by atoms with Crippen LogP contribution in [0.3, 0.4) is 0 Å². The van der Waals surface area contributed by atoms with Crippen LogP contribution in [0.1, 0.15) is 41.0 Å². The monoisotopic (exact) mass is 574 g/mol. The second kappa shape index (κ2) is 12.6. The molecule has 16 nitrogen and oxygen atoms in total. The van der Waals surface area contributed by atoms with Crippen molar-refractivity contribution in [2.24, 2.45) is 11.8 Å². The molecule has 1 N–H and O–H groups in total. The summed E-state index contributed by atoms with van der Waals surface area (Å²) in [6.07, 6.45) is -11.9. The van der Waals surface area contributed by atoms with Gasteiger partial charge in [0.1, 0.15) is 30.8 Å². The number of aliphatic carboxylic acids is 1. The highest BCUT2D eigenvalue weighted by Gasteiger charge is 2.62. The molecular weight excluding hydrogens is 544 g/mol. The lowest BCUT2D eigenvalue weighted by atomic mass is 9.71. The number of ether oxygens (including phenoxy) is 8. The fourth-order valence-corrected chi connectivity index (χ4v) is 5.02. The van der Waals surface area contributed by atoms with Crippen LogP contribution in [-0.4, -0.2) is 103 Å². The van der Waals surface area contributed by atoms with Crippen molar-refractivity contribution >= 4 is 41.8 Å². The largest absolute Gasteiger partial charge is 0.481 e. The second-order valence-electron chi connectivity index (χ2n) is 9.42. The van der Waals surface area contributed by atoms with Crippen molar-refractivity contribution in [2.75, 3.05) is 6.61 Å². The molecule has 0 aromatic heterocycles. The molecule has 0 unspecified atom stereocenters. The van der Waals surface area contributed by atoms with Gasteiger partial charge >= 0.3 is 41.8 Å². The van der Waals surface area contributed by atoms with Crippen molar-refractivity contribution in [1.29, 1.82) is 0 Å². The van der Waals surface area contributed by atoms with E-state index in [0.717, 1.165) is 34.6 Å². The molecule has 16 heteroatoms. The molecule has 0 radical (unpaired) electrons. The van der Waals surface area contributed by atoms with Crippen LogP contribution in [0.15, 0.2) is 0 Å². The van der Waals surface area contributed by atoms with E-state index in [0.29, 0.717) is 0 Å². The molecule has 222 valence electrons. The Morgan fingerprint density at radius 1 is 0.750 bits per heavy atom. The number of hydrogen-bond donors (Lipinski definition) is 1. The number of fused-ring (bicyclic) bond motifs is 3. The summed E-state index contributed by atoms with van der Waals surface area (Å²) in [5, 5.41) is 9.74. The molecule has 0 spiro atoms. The lowest BCUT2D eigenvalue weighted by molar-refractivity contribution is -0.337. The Labute approximate surface area is 227 Å². The zero-order chi connectivity index (χ0) is 29.9. The predicted molar refractivity (Wildman–Crippen MR) is 121 cm³/mol. The molecule has 10 atom stereocenters. The molecular formula is C24H30O16. The van der Waals surface area contributed by atoms with Gasteiger partial charge in [0.05, 0.1) is 5.92 Å². The van der Waals surface area contributed by atoms with Crippen molar-refractivity contribution in [1.82, 2.24) is 0 Å². The van der Waals surface area contributed by atoms with E-state index in [-0.39, 0.29) is 6.42 Å². The van der Waals surface area contributed by atoms with E-state index in [1.807, 2.05) is 0 Å². The normalized spacial score (nSPS) is 34.6. The van der Waals surface area contributed by atoms with Gasteiger partial charge in [-0.15, -0.1) is 0 Å². The zero-order valence-electron chi connectivity index (χ0n) is 22.3. The minimum absolute atomic E-state index is 0.165. The van der Waals surface area contributed by atoms with E-state index >= 15 is 0 Å². The third kappa shape index (κ3) is 7.04. The van der Waals surface area contributed by atoms with E-state index in [4.69, 9.17) is 37.9 Å². The third-order valence-electron chi connectivity index (χ3n) is 6.36. The summed E-state index contributed by atoms with van der Waals surface area (Å²) < 4.78 is 43.5. The third-order valence-corrected chi connectivity index (χ3v) is 6.36. The van der Waals surface area contributed by atoms with Crippen LogP contribution >= 0.6 is 0 Å². The van der Waals surface area contributed by atoms with E-state index < -0.39 is 109 Å². The topological polar surface area (TPSA) is 214 Å². The Kier molecular flexibility index (Phi) is 9.68. The van der Waals surface area contributed by atoms with Crippen LogP contribution in [0.4, 0.5) is 0 Å². The highest BCUT2D eigenvalue weighted by atomic mass is 16.7. The Balaban J connectivity index is 2.06. The molecule has 4 fully saturated rings. The van der Waals surface area contributed by atoms with Gasteiger partial charge in [0.25, 0.3) is 0 Å². The molecule has 1 aliphatic carbocycles. The average molecular weight is 574 g/mol. The summed E-state index contributed by atoms with van der Waals surface area (Å²) in [6, 6.07) is 0. The minimum atomic E-state index is -1.73. The summed E-state index contributed by atoms with van der Waals surface area (Å²) in [6.45, 7) is 4.76. The predicted octanol–water partition coefficient (Wildman–Crippen LogP) is -0.967. The van der Waals surface area contributed by atoms with Crippen molar-refractivity contribution in [2.45, 2.75) is 90.1 Å². The standard InChI is InChI=1S/C24H30O16/c1-8(25)33-7-15-18(35-10(3)27)20(36-11(4)28)21(37-12(5)29)24(39-15)40-19-16-13(22(30)31)6-14(38-23(16)32)17(19)34-9(2)26/h13-21,24H,6-7H2,1-5H3,(H,30,31)/t13-,14+,15-,16-,17+,18-,19-,20+,21-,24+/m1/s1. The molecule has 0 aromatic rings. The maximum atomic E-state index is 12.7. The van der Waals surface area contributed by atoms with Gasteiger partial charge in [0.2, 0.25) is 0 Å². The van der Waals surface area contributed by atoms with Gasteiger partial charge in [-0.2, -0.15) is 0 Å². The summed E-state index contributed by atoms with van der Waals surface area (Å²) in [5.41, 5.74) is 0. The number of carboxylic acids is 1. The van der Waals surface area contributed by atoms with E-state index in [1.54, 1.807) is 0 Å². The molecule has 40 heavy (non-hydrogen) atoms. The summed E-state index contributed by atoms with van der Waals surface area (Å²) in [4.78, 5) is 84.1. The Bertz CT molecular complexity index is 1050. The number of esters is 6. The van der Waals surface area contributed by atoms with E-state index in [2.05, 4.69) is 0 Å². The van der Waals surface area contributed by atoms with E-state index in [9.17, 15) is 38.7 Å². The van der Waals surface area contributed by atoms with Crippen molar-refractivity contribution < 1.29 is 76.6 Å². The van der Waals surface area contributed by atoms with Crippen LogP contribution in [-0.2, 0) is 71.5 Å². The first-order valence-corrected chi connectivity index (χ1v) is 12.3. The molecule has 3 aliphatic heterocycles. The SMILES string of the molecule is CC(=O)OC[C@H]1O[C@@H](O[C@H]2[C@@H](OC(C)=O)[C@@H]3C[C@@H](C(=O)O)[C@H]2C(=O)O3)[C@H](OC(C)=O)[C@@H](OC(C)=O)[C@@H]1OC(C)=O. The second-order valence-corrected chi connectivity index (χ2v) is 9.42. The van der Waals surface area contributed by atoms with Crippen molar-refractivity contribution in [3.63, 3.8) is 0 Å². The molecule has 4 rings (SSSR count). The lowest BCUT2D eigenvalue weighted by Gasteiger charge is -2.50. The Morgan fingerprint density at radius 3 is 1.80 bits per heavy atom. The van der Waals surface area contributed by atoms with Crippen LogP contribution < -0.4 is 0 Å². The van der Waals surface area contributed by atoms with Gasteiger partial charge in [0.15, 0.2) is 30.7 Å². The summed E-state index contributed by atoms with van der Waals surface area (Å²) in [5.74, 6) is -9.15. The molecule has 1 saturated carbocycles. The number of carboxylic acid groups (broad SMARTS) is 1. The summed E-state index contributed by atoms with van der Waals surface area (Å²) in [7, 11) is 0. The van der Waals surface area contributed by atoms with Crippen LogP contribution in [0.25, 0.3) is 0 Å². The average Bonchev–Trinajstić information content (AvgIpc) is 2.81. The number of hydrogen-bond acceptors (Lipinski definition) is 15. The van der Waals surface area contributed by atoms with Gasteiger partial charge in [-0.25, -0.2) is 0 Å². The lowest BCUT2D eigenvalue weighted by Crippen LogP contribution is -2.67. The van der Waals surface area contributed by atoms with Crippen molar-refractivity contribution in [3.05, 3.63) is 0 Å². The molecule has 3 saturated heterocycles. The van der Waals surface area contributed by atoms with Crippen LogP contribution in [0.5, 0.6) is 0 Å². The molecule has 0 amide bonds. The highest BCUT2D eigenvalue weighted by molar-refractivity contribution is 5.84. The molecule has 0 aromatic carbocycles.